The summed E-state index contributed by atoms with van der Waals surface area (Å²) in [5.41, 5.74) is 1.43. The molecule has 0 N–H and O–H groups in total. The van der Waals surface area contributed by atoms with E-state index in [4.69, 9.17) is 9.47 Å². The number of carbonyl (C=O) groups is 1. The molecule has 2 heterocycles. The number of morpholine rings is 1. The highest BCUT2D eigenvalue weighted by molar-refractivity contribution is 7.89. The third kappa shape index (κ3) is 5.23. The fraction of sp³-hybridized carbons (Fsp3) is 0.333. The van der Waals surface area contributed by atoms with Crippen molar-refractivity contribution in [1.82, 2.24) is 9.29 Å². The van der Waals surface area contributed by atoms with Crippen molar-refractivity contribution >= 4 is 33.4 Å². The number of hydrogen-bond acceptors (Lipinski definition) is 7. The van der Waals surface area contributed by atoms with Gasteiger partial charge in [-0.2, -0.15) is 4.31 Å². The summed E-state index contributed by atoms with van der Waals surface area (Å²) in [5.74, 6) is -0.481. The number of esters is 1. The summed E-state index contributed by atoms with van der Waals surface area (Å²) < 4.78 is 36.8. The summed E-state index contributed by atoms with van der Waals surface area (Å²) in [7, 11) is -3.52. The van der Waals surface area contributed by atoms with Crippen LogP contribution >= 0.6 is 11.3 Å². The molecular weight excluding hydrogens is 388 g/mol. The molecule has 1 fully saturated rings. The van der Waals surface area contributed by atoms with Crippen LogP contribution in [0.3, 0.4) is 0 Å². The Bertz CT molecular complexity index is 913. The zero-order valence-electron chi connectivity index (χ0n) is 14.8. The first-order valence-electron chi connectivity index (χ1n) is 8.39. The highest BCUT2D eigenvalue weighted by Crippen LogP contribution is 2.18. The molecule has 0 amide bonds. The van der Waals surface area contributed by atoms with Gasteiger partial charge in [-0.05, 0) is 30.7 Å². The van der Waals surface area contributed by atoms with Crippen LogP contribution in [0.4, 0.5) is 0 Å². The van der Waals surface area contributed by atoms with Crippen LogP contribution in [-0.4, -0.2) is 50.0 Å². The van der Waals surface area contributed by atoms with Crippen molar-refractivity contribution in [2.24, 2.45) is 0 Å². The number of sulfonamides is 1. The fourth-order valence-corrected chi connectivity index (χ4v) is 4.52. The summed E-state index contributed by atoms with van der Waals surface area (Å²) >= 11 is 1.50. The molecule has 1 aromatic heterocycles. The van der Waals surface area contributed by atoms with Crippen molar-refractivity contribution in [2.45, 2.75) is 18.4 Å². The van der Waals surface area contributed by atoms with Gasteiger partial charge in [0.05, 0.1) is 28.8 Å². The smallest absolute Gasteiger partial charge is 0.331 e. The number of aromatic nitrogens is 1. The second-order valence-electron chi connectivity index (χ2n) is 5.88. The third-order valence-electron chi connectivity index (χ3n) is 3.93. The predicted molar refractivity (Wildman–Crippen MR) is 102 cm³/mol. The lowest BCUT2D eigenvalue weighted by molar-refractivity contribution is -0.139. The monoisotopic (exact) mass is 408 g/mol. The molecule has 2 aromatic rings. The van der Waals surface area contributed by atoms with Gasteiger partial charge in [-0.25, -0.2) is 18.2 Å². The van der Waals surface area contributed by atoms with E-state index in [0.29, 0.717) is 31.9 Å². The van der Waals surface area contributed by atoms with Crippen molar-refractivity contribution in [2.75, 3.05) is 26.3 Å². The average molecular weight is 409 g/mol. The molecule has 144 valence electrons. The summed E-state index contributed by atoms with van der Waals surface area (Å²) in [6.07, 6.45) is 2.89. The van der Waals surface area contributed by atoms with Crippen LogP contribution in [-0.2, 0) is 30.9 Å². The number of carbonyl (C=O) groups excluding carboxylic acids is 1. The minimum atomic E-state index is -3.52. The number of nitrogens with zero attached hydrogens (tertiary/aromatic N) is 2. The summed E-state index contributed by atoms with van der Waals surface area (Å²) in [5, 5.41) is 2.77. The van der Waals surface area contributed by atoms with Crippen LogP contribution in [0.25, 0.3) is 6.08 Å². The normalized spacial score (nSPS) is 15.9. The van der Waals surface area contributed by atoms with Crippen LogP contribution in [0.2, 0.25) is 0 Å². The Labute approximate surface area is 162 Å². The number of rotatable bonds is 6. The highest BCUT2D eigenvalue weighted by atomic mass is 32.2. The van der Waals surface area contributed by atoms with Gasteiger partial charge in [0.25, 0.3) is 0 Å². The lowest BCUT2D eigenvalue weighted by atomic mass is 10.2. The average Bonchev–Trinajstić information content (AvgIpc) is 3.11. The Morgan fingerprint density at radius 2 is 2.00 bits per heavy atom. The van der Waals surface area contributed by atoms with E-state index in [1.165, 1.54) is 33.9 Å². The Morgan fingerprint density at radius 3 is 2.63 bits per heavy atom. The van der Waals surface area contributed by atoms with Crippen LogP contribution in [0, 0.1) is 6.92 Å². The van der Waals surface area contributed by atoms with E-state index in [0.717, 1.165) is 10.7 Å². The maximum atomic E-state index is 12.6. The standard InChI is InChI=1S/C18H20N2O5S2/c1-14-19-16(13-26-14)12-25-18(21)7-4-15-2-5-17(6-3-15)27(22,23)20-8-10-24-11-9-20/h2-7,13H,8-12H2,1H3/b7-4+. The molecule has 0 unspecified atom stereocenters. The zero-order valence-corrected chi connectivity index (χ0v) is 16.5. The molecule has 1 aliphatic rings. The molecule has 0 saturated carbocycles. The summed E-state index contributed by atoms with van der Waals surface area (Å²) in [6.45, 7) is 3.54. The molecule has 0 radical (unpaired) electrons. The quantitative estimate of drug-likeness (QED) is 0.538. The first kappa shape index (κ1) is 19.7. The number of benzene rings is 1. The maximum Gasteiger partial charge on any atom is 0.331 e. The van der Waals surface area contributed by atoms with Crippen molar-refractivity contribution in [3.05, 3.63) is 52.0 Å². The lowest BCUT2D eigenvalue weighted by Crippen LogP contribution is -2.40. The number of thiazole rings is 1. The molecule has 1 aliphatic heterocycles. The molecule has 7 nitrogen and oxygen atoms in total. The summed E-state index contributed by atoms with van der Waals surface area (Å²) in [6, 6.07) is 6.38. The van der Waals surface area contributed by atoms with Gasteiger partial charge >= 0.3 is 5.97 Å². The van der Waals surface area contributed by atoms with Crippen LogP contribution in [0.15, 0.2) is 40.6 Å². The molecule has 0 bridgehead atoms. The second kappa shape index (κ2) is 8.75. The number of ether oxygens (including phenoxy) is 2. The van der Waals surface area contributed by atoms with E-state index in [1.54, 1.807) is 18.2 Å². The third-order valence-corrected chi connectivity index (χ3v) is 6.66. The molecule has 0 atom stereocenters. The van der Waals surface area contributed by atoms with Gasteiger partial charge in [0.2, 0.25) is 10.0 Å². The van der Waals surface area contributed by atoms with Gasteiger partial charge in [-0.15, -0.1) is 11.3 Å². The van der Waals surface area contributed by atoms with Gasteiger partial charge in [-0.3, -0.25) is 0 Å². The Balaban J connectivity index is 1.58. The largest absolute Gasteiger partial charge is 0.456 e. The molecular formula is C18H20N2O5S2. The number of aryl methyl sites for hydroxylation is 1. The molecule has 1 saturated heterocycles. The van der Waals surface area contributed by atoms with Gasteiger partial charge in [0.15, 0.2) is 0 Å². The fourth-order valence-electron chi connectivity index (χ4n) is 2.52. The maximum absolute atomic E-state index is 12.6. The topological polar surface area (TPSA) is 85.8 Å². The lowest BCUT2D eigenvalue weighted by Gasteiger charge is -2.26. The molecule has 27 heavy (non-hydrogen) atoms. The minimum absolute atomic E-state index is 0.129. The predicted octanol–water partition coefficient (Wildman–Crippen LogP) is 2.23. The van der Waals surface area contributed by atoms with Crippen molar-refractivity contribution in [3.63, 3.8) is 0 Å². The van der Waals surface area contributed by atoms with Gasteiger partial charge in [-0.1, -0.05) is 12.1 Å². The van der Waals surface area contributed by atoms with E-state index in [1.807, 2.05) is 12.3 Å². The van der Waals surface area contributed by atoms with E-state index in [9.17, 15) is 13.2 Å². The molecule has 3 rings (SSSR count). The molecule has 0 spiro atoms. The summed E-state index contributed by atoms with van der Waals surface area (Å²) in [4.78, 5) is 16.2. The van der Waals surface area contributed by atoms with Crippen LogP contribution in [0.5, 0.6) is 0 Å². The van der Waals surface area contributed by atoms with Gasteiger partial charge < -0.3 is 9.47 Å². The van der Waals surface area contributed by atoms with E-state index in [2.05, 4.69) is 4.98 Å². The van der Waals surface area contributed by atoms with Gasteiger partial charge in [0, 0.05) is 24.5 Å². The van der Waals surface area contributed by atoms with Crippen molar-refractivity contribution in [3.8, 4) is 0 Å². The van der Waals surface area contributed by atoms with E-state index < -0.39 is 16.0 Å². The van der Waals surface area contributed by atoms with Crippen LogP contribution < -0.4 is 0 Å². The SMILES string of the molecule is Cc1nc(COC(=O)/C=C/c2ccc(S(=O)(=O)N3CCOCC3)cc2)cs1. The molecule has 0 aliphatic carbocycles. The minimum Gasteiger partial charge on any atom is -0.456 e. The zero-order chi connectivity index (χ0) is 19.3. The Kier molecular flexibility index (Phi) is 6.38. The molecule has 9 heteroatoms. The van der Waals surface area contributed by atoms with E-state index >= 15 is 0 Å². The van der Waals surface area contributed by atoms with Crippen LogP contribution in [0.1, 0.15) is 16.3 Å². The first-order chi connectivity index (χ1) is 12.9. The molecule has 1 aromatic carbocycles. The highest BCUT2D eigenvalue weighted by Gasteiger charge is 2.25. The Hall–Kier alpha value is -2.07. The van der Waals surface area contributed by atoms with Crippen molar-refractivity contribution < 1.29 is 22.7 Å². The first-order valence-corrected chi connectivity index (χ1v) is 10.7. The van der Waals surface area contributed by atoms with Crippen molar-refractivity contribution in [1.29, 1.82) is 0 Å². The number of hydrogen-bond donors (Lipinski definition) is 0. The second-order valence-corrected chi connectivity index (χ2v) is 8.88. The Morgan fingerprint density at radius 1 is 1.30 bits per heavy atom. The van der Waals surface area contributed by atoms with Gasteiger partial charge in [0.1, 0.15) is 6.61 Å². The van der Waals surface area contributed by atoms with E-state index in [-0.39, 0.29) is 11.5 Å².